The number of pyridine rings is 1. The first-order valence-electron chi connectivity index (χ1n) is 7.17. The highest BCUT2D eigenvalue weighted by molar-refractivity contribution is 5.75. The second-order valence-electron chi connectivity index (χ2n) is 5.42. The fraction of sp³-hybridized carbons (Fsp3) is 0.294. The van der Waals surface area contributed by atoms with E-state index in [0.717, 1.165) is 25.1 Å². The number of aliphatic carboxylic acids is 1. The molecule has 4 heteroatoms. The third kappa shape index (κ3) is 2.95. The molecule has 1 N–H and O–H groups in total. The van der Waals surface area contributed by atoms with E-state index >= 15 is 0 Å². The van der Waals surface area contributed by atoms with Crippen molar-refractivity contribution in [2.45, 2.75) is 18.4 Å². The molecule has 0 aliphatic carbocycles. The Bertz CT molecular complexity index is 601. The molecule has 0 amide bonds. The molecule has 21 heavy (non-hydrogen) atoms. The van der Waals surface area contributed by atoms with Crippen molar-refractivity contribution in [2.24, 2.45) is 0 Å². The Morgan fingerprint density at radius 2 is 2.05 bits per heavy atom. The molecule has 1 fully saturated rings. The molecule has 0 saturated carbocycles. The van der Waals surface area contributed by atoms with Gasteiger partial charge in [-0.15, -0.1) is 0 Å². The SMILES string of the molecule is O=C(O)C(c1ccccc1)N1CCC(c2cccnc2)C1. The fourth-order valence-electron chi connectivity index (χ4n) is 3.06. The van der Waals surface area contributed by atoms with Crippen molar-refractivity contribution >= 4 is 5.97 Å². The summed E-state index contributed by atoms with van der Waals surface area (Å²) in [6, 6.07) is 12.9. The first-order chi connectivity index (χ1) is 10.3. The summed E-state index contributed by atoms with van der Waals surface area (Å²) in [6.07, 6.45) is 4.62. The Balaban J connectivity index is 1.79. The van der Waals surface area contributed by atoms with E-state index in [-0.39, 0.29) is 0 Å². The normalized spacial score (nSPS) is 20.3. The van der Waals surface area contributed by atoms with Crippen LogP contribution in [0.5, 0.6) is 0 Å². The number of likely N-dealkylation sites (tertiary alicyclic amines) is 1. The Morgan fingerprint density at radius 3 is 2.71 bits per heavy atom. The molecule has 2 atom stereocenters. The average Bonchev–Trinajstić information content (AvgIpc) is 2.98. The first kappa shape index (κ1) is 13.8. The topological polar surface area (TPSA) is 53.4 Å². The minimum Gasteiger partial charge on any atom is -0.480 e. The summed E-state index contributed by atoms with van der Waals surface area (Å²) in [6.45, 7) is 1.56. The van der Waals surface area contributed by atoms with Crippen LogP contribution in [0.4, 0.5) is 0 Å². The molecule has 0 spiro atoms. The van der Waals surface area contributed by atoms with Crippen LogP contribution in [0.1, 0.15) is 29.5 Å². The van der Waals surface area contributed by atoms with Crippen LogP contribution in [0.25, 0.3) is 0 Å². The molecule has 0 bridgehead atoms. The summed E-state index contributed by atoms with van der Waals surface area (Å²) in [5.74, 6) is -0.419. The minimum absolute atomic E-state index is 0.365. The second-order valence-corrected chi connectivity index (χ2v) is 5.42. The first-order valence-corrected chi connectivity index (χ1v) is 7.17. The molecular formula is C17H18N2O2. The van der Waals surface area contributed by atoms with Crippen molar-refractivity contribution in [3.63, 3.8) is 0 Å². The highest BCUT2D eigenvalue weighted by atomic mass is 16.4. The van der Waals surface area contributed by atoms with Crippen molar-refractivity contribution in [3.05, 3.63) is 66.0 Å². The summed E-state index contributed by atoms with van der Waals surface area (Å²) in [4.78, 5) is 17.9. The van der Waals surface area contributed by atoms with Gasteiger partial charge in [-0.2, -0.15) is 0 Å². The van der Waals surface area contributed by atoms with E-state index in [1.165, 1.54) is 5.56 Å². The van der Waals surface area contributed by atoms with Gasteiger partial charge < -0.3 is 5.11 Å². The molecule has 108 valence electrons. The van der Waals surface area contributed by atoms with Gasteiger partial charge in [-0.1, -0.05) is 36.4 Å². The van der Waals surface area contributed by atoms with E-state index in [0.29, 0.717) is 5.92 Å². The van der Waals surface area contributed by atoms with E-state index in [2.05, 4.69) is 16.0 Å². The van der Waals surface area contributed by atoms with Gasteiger partial charge in [0, 0.05) is 18.9 Å². The number of carbonyl (C=O) groups is 1. The van der Waals surface area contributed by atoms with E-state index in [1.807, 2.05) is 42.6 Å². The van der Waals surface area contributed by atoms with Crippen LogP contribution < -0.4 is 0 Å². The maximum absolute atomic E-state index is 11.7. The second kappa shape index (κ2) is 6.06. The highest BCUT2D eigenvalue weighted by Gasteiger charge is 2.33. The van der Waals surface area contributed by atoms with Crippen LogP contribution in [0.15, 0.2) is 54.9 Å². The molecule has 0 radical (unpaired) electrons. The van der Waals surface area contributed by atoms with Crippen molar-refractivity contribution in [2.75, 3.05) is 13.1 Å². The van der Waals surface area contributed by atoms with E-state index < -0.39 is 12.0 Å². The number of benzene rings is 1. The van der Waals surface area contributed by atoms with Crippen molar-refractivity contribution in [3.8, 4) is 0 Å². The van der Waals surface area contributed by atoms with Gasteiger partial charge in [0.05, 0.1) is 0 Å². The number of carboxylic acids is 1. The third-order valence-corrected chi connectivity index (χ3v) is 4.09. The van der Waals surface area contributed by atoms with Crippen molar-refractivity contribution in [1.82, 2.24) is 9.88 Å². The number of hydrogen-bond acceptors (Lipinski definition) is 3. The van der Waals surface area contributed by atoms with Crippen LogP contribution in [0.3, 0.4) is 0 Å². The number of hydrogen-bond donors (Lipinski definition) is 1. The van der Waals surface area contributed by atoms with Gasteiger partial charge >= 0.3 is 5.97 Å². The third-order valence-electron chi connectivity index (χ3n) is 4.09. The van der Waals surface area contributed by atoms with Gasteiger partial charge in [0.1, 0.15) is 6.04 Å². The Morgan fingerprint density at radius 1 is 1.24 bits per heavy atom. The van der Waals surface area contributed by atoms with E-state index in [4.69, 9.17) is 0 Å². The molecule has 1 aromatic carbocycles. The molecule has 1 aromatic heterocycles. The molecule has 1 aliphatic heterocycles. The van der Waals surface area contributed by atoms with E-state index in [9.17, 15) is 9.90 Å². The smallest absolute Gasteiger partial charge is 0.325 e. The molecule has 2 unspecified atom stereocenters. The predicted octanol–water partition coefficient (Wildman–Crippen LogP) is 2.70. The standard InChI is InChI=1S/C17H18N2O2/c20-17(21)16(13-5-2-1-3-6-13)19-10-8-15(12-19)14-7-4-9-18-11-14/h1-7,9,11,15-16H,8,10,12H2,(H,20,21). The summed E-state index contributed by atoms with van der Waals surface area (Å²) in [7, 11) is 0. The largest absolute Gasteiger partial charge is 0.480 e. The molecule has 1 aliphatic rings. The van der Waals surface area contributed by atoms with Gasteiger partial charge in [-0.25, -0.2) is 0 Å². The zero-order valence-electron chi connectivity index (χ0n) is 11.7. The summed E-state index contributed by atoms with van der Waals surface area (Å²) < 4.78 is 0. The van der Waals surface area contributed by atoms with Crippen LogP contribution in [0.2, 0.25) is 0 Å². The van der Waals surface area contributed by atoms with Gasteiger partial charge in [0.2, 0.25) is 0 Å². The molecular weight excluding hydrogens is 264 g/mol. The highest BCUT2D eigenvalue weighted by Crippen LogP contribution is 2.32. The molecule has 1 saturated heterocycles. The maximum Gasteiger partial charge on any atom is 0.325 e. The summed E-state index contributed by atoms with van der Waals surface area (Å²) in [5, 5.41) is 9.59. The molecule has 2 aromatic rings. The predicted molar refractivity (Wildman–Crippen MR) is 80.0 cm³/mol. The lowest BCUT2D eigenvalue weighted by Crippen LogP contribution is -2.32. The van der Waals surface area contributed by atoms with Crippen molar-refractivity contribution < 1.29 is 9.90 Å². The zero-order chi connectivity index (χ0) is 14.7. The number of nitrogens with zero attached hydrogens (tertiary/aromatic N) is 2. The van der Waals surface area contributed by atoms with Gasteiger partial charge in [-0.3, -0.25) is 14.7 Å². The number of rotatable bonds is 4. The Kier molecular flexibility index (Phi) is 3.97. The molecule has 3 rings (SSSR count). The molecule has 4 nitrogen and oxygen atoms in total. The van der Waals surface area contributed by atoms with Gasteiger partial charge in [-0.05, 0) is 36.1 Å². The van der Waals surface area contributed by atoms with Crippen LogP contribution in [-0.4, -0.2) is 34.0 Å². The lowest BCUT2D eigenvalue weighted by molar-refractivity contribution is -0.143. The maximum atomic E-state index is 11.7. The number of aromatic nitrogens is 1. The minimum atomic E-state index is -0.784. The Hall–Kier alpha value is -2.20. The quantitative estimate of drug-likeness (QED) is 0.936. The summed E-state index contributed by atoms with van der Waals surface area (Å²) >= 11 is 0. The van der Waals surface area contributed by atoms with E-state index in [1.54, 1.807) is 6.20 Å². The van der Waals surface area contributed by atoms with Gasteiger partial charge in [0.25, 0.3) is 0 Å². The average molecular weight is 282 g/mol. The lowest BCUT2D eigenvalue weighted by Gasteiger charge is -2.24. The van der Waals surface area contributed by atoms with Crippen LogP contribution in [-0.2, 0) is 4.79 Å². The van der Waals surface area contributed by atoms with Crippen LogP contribution in [0, 0.1) is 0 Å². The van der Waals surface area contributed by atoms with Crippen LogP contribution >= 0.6 is 0 Å². The molecule has 2 heterocycles. The number of carboxylic acid groups (broad SMARTS) is 1. The lowest BCUT2D eigenvalue weighted by atomic mass is 10.0. The summed E-state index contributed by atoms with van der Waals surface area (Å²) in [5.41, 5.74) is 2.04. The zero-order valence-corrected chi connectivity index (χ0v) is 11.7. The van der Waals surface area contributed by atoms with Crippen molar-refractivity contribution in [1.29, 1.82) is 0 Å². The van der Waals surface area contributed by atoms with Gasteiger partial charge in [0.15, 0.2) is 0 Å². The Labute approximate surface area is 124 Å². The fourth-order valence-corrected chi connectivity index (χ4v) is 3.06. The monoisotopic (exact) mass is 282 g/mol.